The number of esters is 1. The summed E-state index contributed by atoms with van der Waals surface area (Å²) in [6.07, 6.45) is 1.89. The van der Waals surface area contributed by atoms with Gasteiger partial charge in [-0.05, 0) is 24.1 Å². The molecule has 0 bridgehead atoms. The smallest absolute Gasteiger partial charge is 0.344 e. The fourth-order valence-electron chi connectivity index (χ4n) is 1.67. The zero-order chi connectivity index (χ0) is 15.3. The number of hydrogen-bond acceptors (Lipinski definition) is 5. The summed E-state index contributed by atoms with van der Waals surface area (Å²) in [5, 5.41) is 3.26. The van der Waals surface area contributed by atoms with Gasteiger partial charge in [0.15, 0.2) is 6.61 Å². The Bertz CT molecular complexity index is 409. The van der Waals surface area contributed by atoms with E-state index in [0.717, 1.165) is 31.5 Å². The van der Waals surface area contributed by atoms with Gasteiger partial charge in [0.1, 0.15) is 5.75 Å². The number of methoxy groups -OCH3 is 1. The minimum atomic E-state index is -0.327. The predicted octanol–water partition coefficient (Wildman–Crippen LogP) is 2.14. The highest BCUT2D eigenvalue weighted by molar-refractivity contribution is 5.71. The van der Waals surface area contributed by atoms with Crippen molar-refractivity contribution in [2.24, 2.45) is 0 Å². The first kappa shape index (κ1) is 17.5. The van der Waals surface area contributed by atoms with Crippen molar-refractivity contribution in [1.82, 2.24) is 5.32 Å². The highest BCUT2D eigenvalue weighted by Crippen LogP contribution is 2.13. The number of carbonyl (C=O) groups is 1. The summed E-state index contributed by atoms with van der Waals surface area (Å²) in [5.74, 6) is 0.348. The van der Waals surface area contributed by atoms with Crippen molar-refractivity contribution >= 4 is 5.97 Å². The molecule has 0 spiro atoms. The van der Waals surface area contributed by atoms with Gasteiger partial charge in [-0.2, -0.15) is 0 Å². The number of unbranched alkanes of at least 4 members (excludes halogenated alkanes) is 1. The molecule has 118 valence electrons. The third-order valence-corrected chi connectivity index (χ3v) is 2.83. The highest BCUT2D eigenvalue weighted by atomic mass is 16.6. The first-order chi connectivity index (χ1) is 10.3. The third kappa shape index (κ3) is 8.32. The molecular weight excluding hydrogens is 270 g/mol. The van der Waals surface area contributed by atoms with Crippen LogP contribution in [0.3, 0.4) is 0 Å². The van der Waals surface area contributed by atoms with Crippen molar-refractivity contribution in [1.29, 1.82) is 0 Å². The van der Waals surface area contributed by atoms with Crippen LogP contribution in [0.25, 0.3) is 0 Å². The molecule has 0 fully saturated rings. The van der Waals surface area contributed by atoms with Gasteiger partial charge in [0, 0.05) is 20.2 Å². The molecule has 1 aromatic carbocycles. The average Bonchev–Trinajstić information content (AvgIpc) is 2.50. The Kier molecular flexibility index (Phi) is 9.24. The van der Waals surface area contributed by atoms with E-state index in [1.54, 1.807) is 7.11 Å². The lowest BCUT2D eigenvalue weighted by Crippen LogP contribution is -2.18. The second-order valence-corrected chi connectivity index (χ2v) is 4.68. The van der Waals surface area contributed by atoms with Gasteiger partial charge >= 0.3 is 5.97 Å². The molecule has 0 saturated heterocycles. The van der Waals surface area contributed by atoms with Gasteiger partial charge in [-0.3, -0.25) is 0 Å². The van der Waals surface area contributed by atoms with Gasteiger partial charge < -0.3 is 19.5 Å². The van der Waals surface area contributed by atoms with E-state index >= 15 is 0 Å². The Labute approximate surface area is 126 Å². The molecule has 1 N–H and O–H groups in total. The van der Waals surface area contributed by atoms with Crippen LogP contribution >= 0.6 is 0 Å². The fourth-order valence-corrected chi connectivity index (χ4v) is 1.67. The molecule has 0 amide bonds. The Morgan fingerprint density at radius 1 is 1.29 bits per heavy atom. The van der Waals surface area contributed by atoms with E-state index in [0.29, 0.717) is 19.0 Å². The molecule has 0 atom stereocenters. The van der Waals surface area contributed by atoms with E-state index in [-0.39, 0.29) is 12.6 Å². The summed E-state index contributed by atoms with van der Waals surface area (Å²) in [6, 6.07) is 7.66. The van der Waals surface area contributed by atoms with Crippen LogP contribution in [-0.2, 0) is 20.8 Å². The summed E-state index contributed by atoms with van der Waals surface area (Å²) in [7, 11) is 1.68. The van der Waals surface area contributed by atoms with Gasteiger partial charge in [-0.25, -0.2) is 4.79 Å². The highest BCUT2D eigenvalue weighted by Gasteiger charge is 2.04. The number of carbonyl (C=O) groups excluding carboxylic acids is 1. The van der Waals surface area contributed by atoms with Crippen molar-refractivity contribution in [2.45, 2.75) is 26.3 Å². The van der Waals surface area contributed by atoms with E-state index < -0.39 is 0 Å². The van der Waals surface area contributed by atoms with Crippen LogP contribution < -0.4 is 10.1 Å². The fraction of sp³-hybridized carbons (Fsp3) is 0.562. The van der Waals surface area contributed by atoms with Gasteiger partial charge in [0.2, 0.25) is 0 Å². The molecule has 0 heterocycles. The molecule has 0 aliphatic rings. The molecule has 1 aromatic rings. The topological polar surface area (TPSA) is 56.8 Å². The zero-order valence-electron chi connectivity index (χ0n) is 12.9. The minimum Gasteiger partial charge on any atom is -0.482 e. The normalized spacial score (nSPS) is 10.4. The first-order valence-electron chi connectivity index (χ1n) is 7.33. The second kappa shape index (κ2) is 11.1. The van der Waals surface area contributed by atoms with Crippen molar-refractivity contribution in [3.8, 4) is 5.75 Å². The quantitative estimate of drug-likeness (QED) is 0.501. The Balaban J connectivity index is 2.29. The summed E-state index contributed by atoms with van der Waals surface area (Å²) in [4.78, 5) is 11.4. The molecule has 0 unspecified atom stereocenters. The summed E-state index contributed by atoms with van der Waals surface area (Å²) >= 11 is 0. The monoisotopic (exact) mass is 295 g/mol. The largest absolute Gasteiger partial charge is 0.482 e. The molecule has 0 aromatic heterocycles. The molecule has 21 heavy (non-hydrogen) atoms. The van der Waals surface area contributed by atoms with Crippen molar-refractivity contribution in [3.05, 3.63) is 29.8 Å². The molecule has 5 heteroatoms. The molecule has 0 saturated carbocycles. The van der Waals surface area contributed by atoms with Crippen LogP contribution in [-0.4, -0.2) is 39.4 Å². The molecule has 0 aliphatic carbocycles. The molecular formula is C16H25NO4. The van der Waals surface area contributed by atoms with Gasteiger partial charge in [0.25, 0.3) is 0 Å². The van der Waals surface area contributed by atoms with Gasteiger partial charge in [0.05, 0.1) is 13.2 Å². The lowest BCUT2D eigenvalue weighted by atomic mass is 10.2. The van der Waals surface area contributed by atoms with E-state index in [9.17, 15) is 4.79 Å². The van der Waals surface area contributed by atoms with Gasteiger partial charge in [-0.1, -0.05) is 25.5 Å². The van der Waals surface area contributed by atoms with Crippen molar-refractivity contribution in [3.63, 3.8) is 0 Å². The lowest BCUT2D eigenvalue weighted by Gasteiger charge is -2.09. The van der Waals surface area contributed by atoms with Crippen LogP contribution in [0, 0.1) is 0 Å². The Hall–Kier alpha value is -1.59. The maximum atomic E-state index is 11.4. The Morgan fingerprint density at radius 3 is 2.90 bits per heavy atom. The third-order valence-electron chi connectivity index (χ3n) is 2.83. The predicted molar refractivity (Wildman–Crippen MR) is 81.4 cm³/mol. The number of benzene rings is 1. The first-order valence-corrected chi connectivity index (χ1v) is 7.33. The number of nitrogens with one attached hydrogen (secondary N) is 1. The van der Waals surface area contributed by atoms with Crippen LogP contribution in [0.2, 0.25) is 0 Å². The van der Waals surface area contributed by atoms with Crippen LogP contribution in [0.15, 0.2) is 24.3 Å². The Morgan fingerprint density at radius 2 is 2.14 bits per heavy atom. The summed E-state index contributed by atoms with van der Waals surface area (Å²) in [6.45, 7) is 4.68. The van der Waals surface area contributed by atoms with E-state index in [1.165, 1.54) is 0 Å². The second-order valence-electron chi connectivity index (χ2n) is 4.68. The molecule has 5 nitrogen and oxygen atoms in total. The van der Waals surface area contributed by atoms with Gasteiger partial charge in [-0.15, -0.1) is 0 Å². The number of ether oxygens (including phenoxy) is 3. The van der Waals surface area contributed by atoms with Crippen LogP contribution in [0.4, 0.5) is 0 Å². The molecule has 1 rings (SSSR count). The number of hydrogen-bond donors (Lipinski definition) is 1. The lowest BCUT2D eigenvalue weighted by molar-refractivity contribution is -0.146. The standard InChI is InChI=1S/C16H25NO4/c1-3-4-9-20-16(18)13-21-15-7-5-6-14(11-15)12-17-8-10-19-2/h5-7,11,17H,3-4,8-10,12-13H2,1-2H3. The van der Waals surface area contributed by atoms with E-state index in [4.69, 9.17) is 14.2 Å². The van der Waals surface area contributed by atoms with Crippen molar-refractivity contribution < 1.29 is 19.0 Å². The van der Waals surface area contributed by atoms with Crippen LogP contribution in [0.5, 0.6) is 5.75 Å². The summed E-state index contributed by atoms with van der Waals surface area (Å²) < 4.78 is 15.4. The molecule has 0 radical (unpaired) electrons. The average molecular weight is 295 g/mol. The zero-order valence-corrected chi connectivity index (χ0v) is 12.9. The van der Waals surface area contributed by atoms with E-state index in [2.05, 4.69) is 12.2 Å². The SMILES string of the molecule is CCCCOC(=O)COc1cccc(CNCCOC)c1. The maximum absolute atomic E-state index is 11.4. The minimum absolute atomic E-state index is 0.0513. The summed E-state index contributed by atoms with van der Waals surface area (Å²) in [5.41, 5.74) is 1.10. The maximum Gasteiger partial charge on any atom is 0.344 e. The van der Waals surface area contributed by atoms with Crippen molar-refractivity contribution in [2.75, 3.05) is 33.5 Å². The van der Waals surface area contributed by atoms with Crippen LogP contribution in [0.1, 0.15) is 25.3 Å². The van der Waals surface area contributed by atoms with E-state index in [1.807, 2.05) is 24.3 Å². The number of rotatable bonds is 11. The molecule has 0 aliphatic heterocycles.